The van der Waals surface area contributed by atoms with Gasteiger partial charge in [0, 0.05) is 0 Å². The summed E-state index contributed by atoms with van der Waals surface area (Å²) in [6.07, 6.45) is 1.83. The summed E-state index contributed by atoms with van der Waals surface area (Å²) in [4.78, 5) is 16.8. The molecule has 1 aliphatic rings. The fourth-order valence-electron chi connectivity index (χ4n) is 2.74. The number of amides is 1. The van der Waals surface area contributed by atoms with Gasteiger partial charge in [0.15, 0.2) is 0 Å². The highest BCUT2D eigenvalue weighted by molar-refractivity contribution is 6.21. The van der Waals surface area contributed by atoms with Gasteiger partial charge in [-0.1, -0.05) is 18.2 Å². The Balaban J connectivity index is 1.92. The summed E-state index contributed by atoms with van der Waals surface area (Å²) in [5.41, 5.74) is 1.78. The highest BCUT2D eigenvalue weighted by Gasteiger charge is 2.26. The maximum Gasteiger partial charge on any atom is 0.275 e. The van der Waals surface area contributed by atoms with Crippen molar-refractivity contribution in [3.05, 3.63) is 59.3 Å². The van der Waals surface area contributed by atoms with Crippen LogP contribution in [0, 0.1) is 0 Å². The molecule has 1 N–H and O–H groups in total. The van der Waals surface area contributed by atoms with Crippen LogP contribution in [0.2, 0.25) is 0 Å². The lowest BCUT2D eigenvalue weighted by atomic mass is 10.1. The number of methoxy groups -OCH3 is 2. The Morgan fingerprint density at radius 2 is 1.63 bits per heavy atom. The summed E-state index contributed by atoms with van der Waals surface area (Å²) in [6.45, 7) is 3.95. The van der Waals surface area contributed by atoms with Crippen LogP contribution >= 0.6 is 0 Å². The number of nitrogens with zero attached hydrogens (tertiary/aromatic N) is 1. The third-order valence-electron chi connectivity index (χ3n) is 3.92. The van der Waals surface area contributed by atoms with E-state index >= 15 is 0 Å². The number of rotatable bonds is 6. The largest absolute Gasteiger partial charge is 0.496 e. The molecule has 2 aromatic rings. The molecule has 0 unspecified atom stereocenters. The van der Waals surface area contributed by atoms with Gasteiger partial charge < -0.3 is 19.5 Å². The van der Waals surface area contributed by atoms with E-state index in [1.54, 1.807) is 32.4 Å². The minimum Gasteiger partial charge on any atom is -0.496 e. The number of carbonyl (C=O) groups excluding carboxylic acids is 1. The molecule has 6 nitrogen and oxygen atoms in total. The van der Waals surface area contributed by atoms with Gasteiger partial charge in [-0.15, -0.1) is 0 Å². The Kier molecular flexibility index (Phi) is 5.45. The Labute approximate surface area is 158 Å². The maximum atomic E-state index is 12.4. The van der Waals surface area contributed by atoms with Crippen molar-refractivity contribution in [1.82, 2.24) is 5.32 Å². The number of benzene rings is 2. The van der Waals surface area contributed by atoms with E-state index < -0.39 is 0 Å². The monoisotopic (exact) mass is 366 g/mol. The summed E-state index contributed by atoms with van der Waals surface area (Å²) in [7, 11) is 3.13. The molecule has 0 saturated carbocycles. The first-order chi connectivity index (χ1) is 13.0. The van der Waals surface area contributed by atoms with Crippen LogP contribution < -0.4 is 19.5 Å². The minimum absolute atomic E-state index is 0.109. The van der Waals surface area contributed by atoms with Crippen molar-refractivity contribution in [3.63, 3.8) is 0 Å². The van der Waals surface area contributed by atoms with Crippen LogP contribution in [0.4, 0.5) is 0 Å². The predicted molar refractivity (Wildman–Crippen MR) is 104 cm³/mol. The molecule has 0 bridgehead atoms. The number of carbonyl (C=O) groups is 1. The zero-order valence-corrected chi connectivity index (χ0v) is 15.8. The summed E-state index contributed by atoms with van der Waals surface area (Å²) >= 11 is 0. The smallest absolute Gasteiger partial charge is 0.275 e. The van der Waals surface area contributed by atoms with Gasteiger partial charge in [0.1, 0.15) is 34.3 Å². The molecule has 1 aliphatic heterocycles. The second-order valence-electron chi connectivity index (χ2n) is 6.22. The zero-order chi connectivity index (χ0) is 19.4. The van der Waals surface area contributed by atoms with Crippen molar-refractivity contribution in [3.8, 4) is 17.2 Å². The standard InChI is InChI=1S/C21H22N2O4/c1-13(2)27-15-10-8-14(9-11-15)12-16-21(24)23-20(22-16)19-17(25-3)6-5-7-18(19)26-4/h5-13H,1-4H3,(H,22,23,24)/b16-12+. The van der Waals surface area contributed by atoms with Crippen molar-refractivity contribution in [1.29, 1.82) is 0 Å². The van der Waals surface area contributed by atoms with Crippen LogP contribution in [0.5, 0.6) is 17.2 Å². The molecule has 6 heteroatoms. The van der Waals surface area contributed by atoms with E-state index in [1.807, 2.05) is 44.2 Å². The third-order valence-corrected chi connectivity index (χ3v) is 3.92. The number of amidine groups is 1. The molecule has 3 rings (SSSR count). The molecular weight excluding hydrogens is 344 g/mol. The van der Waals surface area contributed by atoms with Gasteiger partial charge in [0.2, 0.25) is 0 Å². The number of ether oxygens (including phenoxy) is 3. The first-order valence-electron chi connectivity index (χ1n) is 8.61. The molecule has 0 saturated heterocycles. The Morgan fingerprint density at radius 3 is 2.19 bits per heavy atom. The van der Waals surface area contributed by atoms with E-state index in [9.17, 15) is 4.79 Å². The molecule has 140 valence electrons. The average Bonchev–Trinajstić information content (AvgIpc) is 3.02. The van der Waals surface area contributed by atoms with Gasteiger partial charge in [-0.05, 0) is 49.8 Å². The average molecular weight is 366 g/mol. The van der Waals surface area contributed by atoms with E-state index in [0.717, 1.165) is 11.3 Å². The quantitative estimate of drug-likeness (QED) is 0.796. The maximum absolute atomic E-state index is 12.4. The van der Waals surface area contributed by atoms with E-state index in [0.29, 0.717) is 28.6 Å². The molecule has 2 aromatic carbocycles. The van der Waals surface area contributed by atoms with Crippen LogP contribution in [0.15, 0.2) is 53.2 Å². The van der Waals surface area contributed by atoms with E-state index in [1.165, 1.54) is 0 Å². The normalized spacial score (nSPS) is 14.9. The van der Waals surface area contributed by atoms with Crippen molar-refractivity contribution in [2.45, 2.75) is 20.0 Å². The molecule has 1 heterocycles. The molecular formula is C21H22N2O4. The SMILES string of the molecule is COc1cccc(OC)c1C1=N/C(=C/c2ccc(OC(C)C)cc2)C(=O)N1. The van der Waals surface area contributed by atoms with Gasteiger partial charge >= 0.3 is 0 Å². The lowest BCUT2D eigenvalue weighted by Gasteiger charge is -2.12. The van der Waals surface area contributed by atoms with E-state index in [-0.39, 0.29) is 12.0 Å². The molecule has 0 spiro atoms. The molecule has 0 fully saturated rings. The highest BCUT2D eigenvalue weighted by Crippen LogP contribution is 2.30. The highest BCUT2D eigenvalue weighted by atomic mass is 16.5. The second-order valence-corrected chi connectivity index (χ2v) is 6.22. The van der Waals surface area contributed by atoms with Gasteiger partial charge in [-0.25, -0.2) is 4.99 Å². The Bertz CT molecular complexity index is 877. The van der Waals surface area contributed by atoms with Crippen LogP contribution in [0.1, 0.15) is 25.0 Å². The van der Waals surface area contributed by atoms with Crippen LogP contribution in [-0.4, -0.2) is 32.1 Å². The van der Waals surface area contributed by atoms with Gasteiger partial charge in [0.05, 0.1) is 20.3 Å². The summed E-state index contributed by atoms with van der Waals surface area (Å²) in [5, 5.41) is 2.79. The molecule has 27 heavy (non-hydrogen) atoms. The summed E-state index contributed by atoms with van der Waals surface area (Å²) in [6, 6.07) is 12.9. The fourth-order valence-corrected chi connectivity index (χ4v) is 2.74. The number of hydrogen-bond acceptors (Lipinski definition) is 5. The van der Waals surface area contributed by atoms with Gasteiger partial charge in [-0.2, -0.15) is 0 Å². The van der Waals surface area contributed by atoms with Crippen LogP contribution in [0.25, 0.3) is 6.08 Å². The number of nitrogens with one attached hydrogen (secondary N) is 1. The van der Waals surface area contributed by atoms with Crippen molar-refractivity contribution < 1.29 is 19.0 Å². The summed E-state index contributed by atoms with van der Waals surface area (Å²) < 4.78 is 16.4. The zero-order valence-electron chi connectivity index (χ0n) is 15.8. The molecule has 0 aliphatic carbocycles. The molecule has 0 atom stereocenters. The van der Waals surface area contributed by atoms with Crippen molar-refractivity contribution in [2.75, 3.05) is 14.2 Å². The molecule has 0 radical (unpaired) electrons. The predicted octanol–water partition coefficient (Wildman–Crippen LogP) is 3.41. The summed E-state index contributed by atoms with van der Waals surface area (Å²) in [5.74, 6) is 2.06. The van der Waals surface area contributed by atoms with Crippen LogP contribution in [-0.2, 0) is 4.79 Å². The Hall–Kier alpha value is -3.28. The van der Waals surface area contributed by atoms with Gasteiger partial charge in [-0.3, -0.25) is 4.79 Å². The minimum atomic E-state index is -0.277. The lowest BCUT2D eigenvalue weighted by molar-refractivity contribution is -0.115. The third kappa shape index (κ3) is 4.11. The number of hydrogen-bond donors (Lipinski definition) is 1. The van der Waals surface area contributed by atoms with E-state index in [2.05, 4.69) is 10.3 Å². The Morgan fingerprint density at radius 1 is 1.00 bits per heavy atom. The van der Waals surface area contributed by atoms with Crippen LogP contribution in [0.3, 0.4) is 0 Å². The molecule has 0 aromatic heterocycles. The number of aliphatic imine (C=N–C) groups is 1. The van der Waals surface area contributed by atoms with Gasteiger partial charge in [0.25, 0.3) is 5.91 Å². The fraction of sp³-hybridized carbons (Fsp3) is 0.238. The lowest BCUT2D eigenvalue weighted by Crippen LogP contribution is -2.25. The van der Waals surface area contributed by atoms with Crippen molar-refractivity contribution in [2.24, 2.45) is 4.99 Å². The second kappa shape index (κ2) is 7.95. The first-order valence-corrected chi connectivity index (χ1v) is 8.61. The molecule has 1 amide bonds. The van der Waals surface area contributed by atoms with E-state index in [4.69, 9.17) is 14.2 Å². The van der Waals surface area contributed by atoms with Crippen molar-refractivity contribution >= 4 is 17.8 Å². The topological polar surface area (TPSA) is 69.1 Å². The first kappa shape index (κ1) is 18.5.